The lowest BCUT2D eigenvalue weighted by Crippen LogP contribution is -2.45. The van der Waals surface area contributed by atoms with E-state index in [2.05, 4.69) is 0 Å². The number of hydrogen-bond donors (Lipinski definition) is 0. The first-order valence-electron chi connectivity index (χ1n) is 6.63. The minimum atomic E-state index is -3.53. The Labute approximate surface area is 134 Å². The number of alkyl halides is 2. The summed E-state index contributed by atoms with van der Waals surface area (Å²) < 4.78 is 23.0. The van der Waals surface area contributed by atoms with Crippen LogP contribution in [0.15, 0.2) is 60.7 Å². The van der Waals surface area contributed by atoms with Crippen LogP contribution in [0.3, 0.4) is 0 Å². The van der Waals surface area contributed by atoms with Gasteiger partial charge in [-0.3, -0.25) is 0 Å². The van der Waals surface area contributed by atoms with Crippen molar-refractivity contribution in [3.8, 4) is 0 Å². The molecule has 0 saturated carbocycles. The smallest absolute Gasteiger partial charge is 0.167 e. The molecule has 21 heavy (non-hydrogen) atoms. The normalized spacial score (nSPS) is 22.0. The monoisotopic (exact) mass is 340 g/mol. The van der Waals surface area contributed by atoms with E-state index in [1.807, 2.05) is 12.1 Å². The minimum Gasteiger partial charge on any atom is -0.227 e. The lowest BCUT2D eigenvalue weighted by atomic mass is 9.86. The number of benzene rings is 2. The van der Waals surface area contributed by atoms with Crippen molar-refractivity contribution in [2.24, 2.45) is 0 Å². The number of hydrogen-bond acceptors (Lipinski definition) is 2. The zero-order valence-electron chi connectivity index (χ0n) is 11.2. The highest BCUT2D eigenvalue weighted by Gasteiger charge is 2.65. The Morgan fingerprint density at radius 3 is 1.57 bits per heavy atom. The molecule has 0 amide bonds. The molecule has 0 bridgehead atoms. The summed E-state index contributed by atoms with van der Waals surface area (Å²) in [7, 11) is -3.53. The third-order valence-corrected chi connectivity index (χ3v) is 7.69. The summed E-state index contributed by atoms with van der Waals surface area (Å²) in [5.41, 5.74) is 1.22. The zero-order chi connectivity index (χ0) is 15.1. The number of sulfone groups is 1. The summed E-state index contributed by atoms with van der Waals surface area (Å²) in [5.74, 6) is -0.0240. The minimum absolute atomic E-state index is 0.0240. The van der Waals surface area contributed by atoms with E-state index in [1.165, 1.54) is 0 Å². The van der Waals surface area contributed by atoms with Crippen LogP contribution in [0.4, 0.5) is 0 Å². The molecule has 1 heterocycles. The standard InChI is InChI=1S/C16H14Cl2O2S/c17-15(18)11-12-21(19,20)16(15,13-7-3-1-4-8-13)14-9-5-2-6-10-14/h1-10H,11-12H2. The first kappa shape index (κ1) is 14.9. The fourth-order valence-electron chi connectivity index (χ4n) is 3.11. The van der Waals surface area contributed by atoms with Crippen LogP contribution in [0.2, 0.25) is 0 Å². The van der Waals surface area contributed by atoms with Gasteiger partial charge in [-0.25, -0.2) is 8.42 Å². The van der Waals surface area contributed by atoms with Crippen molar-refractivity contribution in [2.45, 2.75) is 15.5 Å². The second kappa shape index (κ2) is 5.01. The third-order valence-electron chi connectivity index (χ3n) is 4.03. The van der Waals surface area contributed by atoms with E-state index >= 15 is 0 Å². The van der Waals surface area contributed by atoms with Crippen molar-refractivity contribution in [2.75, 3.05) is 5.75 Å². The van der Waals surface area contributed by atoms with Crippen molar-refractivity contribution in [3.63, 3.8) is 0 Å². The van der Waals surface area contributed by atoms with Crippen LogP contribution in [0.5, 0.6) is 0 Å². The molecule has 1 fully saturated rings. The molecule has 1 saturated heterocycles. The molecular weight excluding hydrogens is 327 g/mol. The van der Waals surface area contributed by atoms with Gasteiger partial charge >= 0.3 is 0 Å². The summed E-state index contributed by atoms with van der Waals surface area (Å²) >= 11 is 13.1. The van der Waals surface area contributed by atoms with Crippen LogP contribution in [-0.2, 0) is 14.6 Å². The van der Waals surface area contributed by atoms with Crippen molar-refractivity contribution >= 4 is 33.0 Å². The first-order valence-corrected chi connectivity index (χ1v) is 9.04. The molecule has 2 aromatic carbocycles. The Balaban J connectivity index is 2.42. The van der Waals surface area contributed by atoms with Crippen LogP contribution >= 0.6 is 23.2 Å². The second-order valence-corrected chi connectivity index (χ2v) is 8.92. The maximum atomic E-state index is 12.9. The summed E-state index contributed by atoms with van der Waals surface area (Å²) in [6.45, 7) is 0. The van der Waals surface area contributed by atoms with E-state index in [0.717, 1.165) is 0 Å². The lowest BCUT2D eigenvalue weighted by Gasteiger charge is -2.37. The van der Waals surface area contributed by atoms with Gasteiger partial charge in [0.15, 0.2) is 14.6 Å². The highest BCUT2D eigenvalue weighted by molar-refractivity contribution is 7.93. The SMILES string of the molecule is O=S1(=O)CCC(Cl)(Cl)C1(c1ccccc1)c1ccccc1. The van der Waals surface area contributed by atoms with Crippen molar-refractivity contribution in [1.82, 2.24) is 0 Å². The fourth-order valence-corrected chi connectivity index (χ4v) is 7.10. The summed E-state index contributed by atoms with van der Waals surface area (Å²) in [5, 5.41) is 0. The predicted molar refractivity (Wildman–Crippen MR) is 86.5 cm³/mol. The molecule has 0 atom stereocenters. The van der Waals surface area contributed by atoms with Crippen molar-refractivity contribution < 1.29 is 8.42 Å². The average Bonchev–Trinajstić information content (AvgIpc) is 2.67. The molecule has 2 aromatic rings. The summed E-state index contributed by atoms with van der Waals surface area (Å²) in [6, 6.07) is 18.0. The van der Waals surface area contributed by atoms with E-state index in [9.17, 15) is 8.42 Å². The molecule has 0 unspecified atom stereocenters. The second-order valence-electron chi connectivity index (χ2n) is 5.19. The Bertz CT molecular complexity index is 701. The molecule has 1 aliphatic heterocycles. The fraction of sp³-hybridized carbons (Fsp3) is 0.250. The van der Waals surface area contributed by atoms with Crippen LogP contribution < -0.4 is 0 Å². The van der Waals surface area contributed by atoms with Crippen LogP contribution in [0.1, 0.15) is 17.5 Å². The molecule has 0 spiro atoms. The number of halogens is 2. The predicted octanol–water partition coefficient (Wildman–Crippen LogP) is 3.92. The maximum Gasteiger partial charge on any atom is 0.167 e. The molecule has 0 aliphatic carbocycles. The molecule has 0 aromatic heterocycles. The van der Waals surface area contributed by atoms with Gasteiger partial charge in [0.1, 0.15) is 4.33 Å². The molecular formula is C16H14Cl2O2S. The largest absolute Gasteiger partial charge is 0.227 e. The van der Waals surface area contributed by atoms with Gasteiger partial charge in [-0.15, -0.1) is 0 Å². The van der Waals surface area contributed by atoms with Crippen LogP contribution in [0, 0.1) is 0 Å². The Morgan fingerprint density at radius 2 is 1.24 bits per heavy atom. The summed E-state index contributed by atoms with van der Waals surface area (Å²) in [6.07, 6.45) is 0.211. The molecule has 0 radical (unpaired) electrons. The molecule has 110 valence electrons. The van der Waals surface area contributed by atoms with Crippen LogP contribution in [0.25, 0.3) is 0 Å². The van der Waals surface area contributed by atoms with Crippen molar-refractivity contribution in [1.29, 1.82) is 0 Å². The van der Waals surface area contributed by atoms with E-state index in [0.29, 0.717) is 11.1 Å². The van der Waals surface area contributed by atoms with Crippen molar-refractivity contribution in [3.05, 3.63) is 71.8 Å². The summed E-state index contributed by atoms with van der Waals surface area (Å²) in [4.78, 5) is 0. The molecule has 2 nitrogen and oxygen atoms in total. The van der Waals surface area contributed by atoms with Gasteiger partial charge in [0, 0.05) is 0 Å². The molecule has 5 heteroatoms. The lowest BCUT2D eigenvalue weighted by molar-refractivity contribution is 0.554. The first-order chi connectivity index (χ1) is 9.92. The third kappa shape index (κ3) is 2.02. The molecule has 3 rings (SSSR count). The quantitative estimate of drug-likeness (QED) is 0.776. The van der Waals surface area contributed by atoms with E-state index in [1.54, 1.807) is 48.5 Å². The van der Waals surface area contributed by atoms with E-state index in [4.69, 9.17) is 23.2 Å². The van der Waals surface area contributed by atoms with Gasteiger partial charge in [0.2, 0.25) is 0 Å². The van der Waals surface area contributed by atoms with Gasteiger partial charge < -0.3 is 0 Å². The van der Waals surface area contributed by atoms with E-state index in [-0.39, 0.29) is 12.2 Å². The Hall–Kier alpha value is -1.03. The molecule has 1 aliphatic rings. The van der Waals surface area contributed by atoms with Gasteiger partial charge in [-0.2, -0.15) is 0 Å². The Morgan fingerprint density at radius 1 is 0.810 bits per heavy atom. The van der Waals surface area contributed by atoms with Gasteiger partial charge in [-0.05, 0) is 17.5 Å². The van der Waals surface area contributed by atoms with Gasteiger partial charge in [0.25, 0.3) is 0 Å². The topological polar surface area (TPSA) is 34.1 Å². The maximum absolute atomic E-state index is 12.9. The van der Waals surface area contributed by atoms with Gasteiger partial charge in [0.05, 0.1) is 5.75 Å². The zero-order valence-corrected chi connectivity index (χ0v) is 13.5. The highest BCUT2D eigenvalue weighted by atomic mass is 35.5. The molecule has 0 N–H and O–H groups in total. The van der Waals surface area contributed by atoms with Gasteiger partial charge in [-0.1, -0.05) is 83.9 Å². The van der Waals surface area contributed by atoms with E-state index < -0.39 is 18.9 Å². The highest BCUT2D eigenvalue weighted by Crippen LogP contribution is 2.58. The Kier molecular flexibility index (Phi) is 3.55. The average molecular weight is 341 g/mol. The van der Waals surface area contributed by atoms with Crippen LogP contribution in [-0.4, -0.2) is 18.5 Å². The number of rotatable bonds is 2.